The molecule has 0 saturated carbocycles. The van der Waals surface area contributed by atoms with Gasteiger partial charge in [-0.3, -0.25) is 4.79 Å². The fourth-order valence-corrected chi connectivity index (χ4v) is 2.92. The Morgan fingerprint density at radius 2 is 1.71 bits per heavy atom. The second-order valence-electron chi connectivity index (χ2n) is 6.19. The topological polar surface area (TPSA) is 104 Å². The van der Waals surface area contributed by atoms with Crippen LogP contribution in [0, 0.1) is 0 Å². The number of phenols is 1. The molecule has 0 bridgehead atoms. The Morgan fingerprint density at radius 1 is 0.964 bits per heavy atom. The third-order valence-electron chi connectivity index (χ3n) is 4.32. The van der Waals surface area contributed by atoms with Crippen molar-refractivity contribution in [3.63, 3.8) is 0 Å². The number of carbonyl (C=O) groups is 2. The molecule has 0 spiro atoms. The van der Waals surface area contributed by atoms with Gasteiger partial charge in [0.15, 0.2) is 0 Å². The molecule has 0 aliphatic carbocycles. The highest BCUT2D eigenvalue weighted by Crippen LogP contribution is 2.23. The van der Waals surface area contributed by atoms with Gasteiger partial charge in [0.05, 0.1) is 28.7 Å². The van der Waals surface area contributed by atoms with Crippen molar-refractivity contribution in [2.75, 3.05) is 5.32 Å². The molecule has 0 aliphatic rings. The van der Waals surface area contributed by atoms with Crippen LogP contribution in [0.15, 0.2) is 73.1 Å². The van der Waals surface area contributed by atoms with Crippen LogP contribution in [0.2, 0.25) is 0 Å². The van der Waals surface area contributed by atoms with Gasteiger partial charge in [-0.2, -0.15) is 5.10 Å². The molecule has 1 amide bonds. The summed E-state index contributed by atoms with van der Waals surface area (Å²) in [6, 6.07) is 16.9. The van der Waals surface area contributed by atoms with Gasteiger partial charge in [0.2, 0.25) is 0 Å². The van der Waals surface area contributed by atoms with Gasteiger partial charge in [0.1, 0.15) is 5.75 Å². The number of benzene rings is 3. The largest absolute Gasteiger partial charge is 0.508 e. The molecule has 0 radical (unpaired) electrons. The number of phenolic OH excluding ortho intramolecular Hbond substituents is 1. The van der Waals surface area contributed by atoms with Gasteiger partial charge in [-0.05, 0) is 47.2 Å². The zero-order valence-electron chi connectivity index (χ0n) is 14.5. The Bertz CT molecular complexity index is 1210. The average molecular weight is 373 g/mol. The summed E-state index contributed by atoms with van der Waals surface area (Å²) in [5.41, 5.74) is 1.29. The molecule has 7 nitrogen and oxygen atoms in total. The summed E-state index contributed by atoms with van der Waals surface area (Å²) in [6.07, 6.45) is 2.99. The molecule has 28 heavy (non-hydrogen) atoms. The van der Waals surface area contributed by atoms with E-state index < -0.39 is 11.9 Å². The highest BCUT2D eigenvalue weighted by molar-refractivity contribution is 6.07. The smallest absolute Gasteiger partial charge is 0.337 e. The van der Waals surface area contributed by atoms with Crippen LogP contribution in [0.25, 0.3) is 16.5 Å². The Kier molecular flexibility index (Phi) is 4.25. The normalized spacial score (nSPS) is 10.7. The number of aromatic hydroxyl groups is 1. The van der Waals surface area contributed by atoms with Crippen LogP contribution in [0.3, 0.4) is 0 Å². The number of fused-ring (bicyclic) bond motifs is 1. The van der Waals surface area contributed by atoms with E-state index in [-0.39, 0.29) is 17.0 Å². The van der Waals surface area contributed by atoms with Crippen molar-refractivity contribution in [3.8, 4) is 11.4 Å². The summed E-state index contributed by atoms with van der Waals surface area (Å²) in [5, 5.41) is 27.4. The van der Waals surface area contributed by atoms with Crippen LogP contribution in [0.4, 0.5) is 5.69 Å². The van der Waals surface area contributed by atoms with Crippen LogP contribution in [0.1, 0.15) is 20.7 Å². The maximum Gasteiger partial charge on any atom is 0.337 e. The van der Waals surface area contributed by atoms with Gasteiger partial charge in [0, 0.05) is 6.20 Å². The molecule has 0 atom stereocenters. The van der Waals surface area contributed by atoms with Gasteiger partial charge in [-0.1, -0.05) is 24.3 Å². The minimum atomic E-state index is -1.12. The Morgan fingerprint density at radius 3 is 2.54 bits per heavy atom. The quantitative estimate of drug-likeness (QED) is 0.506. The molecule has 1 aromatic heterocycles. The number of carboxylic acid groups (broad SMARTS) is 1. The molecule has 3 N–H and O–H groups in total. The predicted octanol–water partition coefficient (Wildman–Crippen LogP) is 3.68. The summed E-state index contributed by atoms with van der Waals surface area (Å²) in [4.78, 5) is 23.8. The Hall–Kier alpha value is -4.13. The van der Waals surface area contributed by atoms with Crippen molar-refractivity contribution in [1.82, 2.24) is 9.78 Å². The molecular weight excluding hydrogens is 358 g/mol. The number of para-hydroxylation sites is 1. The van der Waals surface area contributed by atoms with Crippen molar-refractivity contribution < 1.29 is 19.8 Å². The molecule has 138 valence electrons. The molecular formula is C21H15N3O4. The van der Waals surface area contributed by atoms with Crippen molar-refractivity contribution in [1.29, 1.82) is 0 Å². The van der Waals surface area contributed by atoms with Crippen LogP contribution in [-0.2, 0) is 0 Å². The lowest BCUT2D eigenvalue weighted by Crippen LogP contribution is -2.14. The number of nitrogens with zero attached hydrogens (tertiary/aromatic N) is 2. The van der Waals surface area contributed by atoms with Crippen LogP contribution < -0.4 is 5.32 Å². The lowest BCUT2D eigenvalue weighted by atomic mass is 10.1. The lowest BCUT2D eigenvalue weighted by molar-refractivity contribution is 0.0698. The second-order valence-corrected chi connectivity index (χ2v) is 6.19. The van der Waals surface area contributed by atoms with E-state index in [0.29, 0.717) is 5.56 Å². The second kappa shape index (κ2) is 6.88. The van der Waals surface area contributed by atoms with E-state index in [0.717, 1.165) is 16.5 Å². The van der Waals surface area contributed by atoms with E-state index in [4.69, 9.17) is 0 Å². The number of carboxylic acids is 1. The van der Waals surface area contributed by atoms with Crippen LogP contribution in [-0.4, -0.2) is 31.9 Å². The number of anilines is 1. The fourth-order valence-electron chi connectivity index (χ4n) is 2.92. The average Bonchev–Trinajstić information content (AvgIpc) is 3.18. The van der Waals surface area contributed by atoms with Gasteiger partial charge in [-0.25, -0.2) is 9.48 Å². The number of hydrogen-bond acceptors (Lipinski definition) is 4. The van der Waals surface area contributed by atoms with E-state index in [1.165, 1.54) is 18.3 Å². The maximum atomic E-state index is 12.5. The van der Waals surface area contributed by atoms with Gasteiger partial charge < -0.3 is 15.5 Å². The standard InChI is InChI=1S/C21H15N3O4/c25-17-8-6-13-9-16(7-5-14(13)10-17)24-12-15(11-22-24)20(26)23-19-4-2-1-3-18(19)21(27)28/h1-12,25H,(H,23,26)(H,27,28). The van der Waals surface area contributed by atoms with Crippen molar-refractivity contribution in [2.45, 2.75) is 0 Å². The summed E-state index contributed by atoms with van der Waals surface area (Å²) >= 11 is 0. The molecule has 4 rings (SSSR count). The van der Waals surface area contributed by atoms with Crippen molar-refractivity contribution >= 4 is 28.3 Å². The zero-order chi connectivity index (χ0) is 19.7. The van der Waals surface area contributed by atoms with Crippen LogP contribution >= 0.6 is 0 Å². The van der Waals surface area contributed by atoms with E-state index in [2.05, 4.69) is 10.4 Å². The van der Waals surface area contributed by atoms with Crippen molar-refractivity contribution in [3.05, 3.63) is 84.2 Å². The summed E-state index contributed by atoms with van der Waals surface area (Å²) < 4.78 is 1.56. The highest BCUT2D eigenvalue weighted by Gasteiger charge is 2.14. The van der Waals surface area contributed by atoms with Gasteiger partial charge >= 0.3 is 5.97 Å². The predicted molar refractivity (Wildman–Crippen MR) is 104 cm³/mol. The molecule has 0 aliphatic heterocycles. The highest BCUT2D eigenvalue weighted by atomic mass is 16.4. The molecule has 0 unspecified atom stereocenters. The first-order valence-electron chi connectivity index (χ1n) is 8.43. The monoisotopic (exact) mass is 373 g/mol. The SMILES string of the molecule is O=C(Nc1ccccc1C(=O)O)c1cnn(-c2ccc3cc(O)ccc3c2)c1. The molecule has 1 heterocycles. The number of nitrogens with one attached hydrogen (secondary N) is 1. The molecule has 0 saturated heterocycles. The fraction of sp³-hybridized carbons (Fsp3) is 0. The number of rotatable bonds is 4. The van der Waals surface area contributed by atoms with E-state index in [1.807, 2.05) is 18.2 Å². The zero-order valence-corrected chi connectivity index (χ0v) is 14.5. The maximum absolute atomic E-state index is 12.5. The minimum absolute atomic E-state index is 0.0148. The van der Waals surface area contributed by atoms with Gasteiger partial charge in [-0.15, -0.1) is 0 Å². The summed E-state index contributed by atoms with van der Waals surface area (Å²) in [5.74, 6) is -1.38. The molecule has 4 aromatic rings. The number of carbonyl (C=O) groups excluding carboxylic acids is 1. The number of aromatic nitrogens is 2. The third kappa shape index (κ3) is 3.28. The first-order valence-corrected chi connectivity index (χ1v) is 8.43. The third-order valence-corrected chi connectivity index (χ3v) is 4.32. The first kappa shape index (κ1) is 17.3. The van der Waals surface area contributed by atoms with Crippen LogP contribution in [0.5, 0.6) is 5.75 Å². The van der Waals surface area contributed by atoms with Crippen molar-refractivity contribution in [2.24, 2.45) is 0 Å². The minimum Gasteiger partial charge on any atom is -0.508 e. The number of hydrogen-bond donors (Lipinski definition) is 3. The van der Waals surface area contributed by atoms with E-state index >= 15 is 0 Å². The van der Waals surface area contributed by atoms with Gasteiger partial charge in [0.25, 0.3) is 5.91 Å². The number of aromatic carboxylic acids is 1. The summed E-state index contributed by atoms with van der Waals surface area (Å²) in [7, 11) is 0. The lowest BCUT2D eigenvalue weighted by Gasteiger charge is -2.07. The number of amides is 1. The summed E-state index contributed by atoms with van der Waals surface area (Å²) in [6.45, 7) is 0. The molecule has 0 fully saturated rings. The van der Waals surface area contributed by atoms with E-state index in [1.54, 1.807) is 41.2 Å². The molecule has 3 aromatic carbocycles. The van der Waals surface area contributed by atoms with E-state index in [9.17, 15) is 19.8 Å². The Labute approximate surface area is 159 Å². The Balaban J connectivity index is 1.60. The first-order chi connectivity index (χ1) is 13.5. The molecule has 7 heteroatoms.